The molecule has 1 rings (SSSR count). The molecule has 6 heteroatoms. The molecule has 0 aromatic heterocycles. The molecule has 0 saturated heterocycles. The Bertz CT molecular complexity index is 500. The van der Waals surface area contributed by atoms with Crippen LogP contribution in [0, 0.1) is 0 Å². The van der Waals surface area contributed by atoms with Gasteiger partial charge in [0, 0.05) is 18.7 Å². The van der Waals surface area contributed by atoms with Crippen molar-refractivity contribution < 1.29 is 19.2 Å². The van der Waals surface area contributed by atoms with E-state index in [1.165, 1.54) is 13.1 Å². The minimum absolute atomic E-state index is 0.230. The van der Waals surface area contributed by atoms with Gasteiger partial charge in [0.15, 0.2) is 6.61 Å². The molecule has 0 unspecified atom stereocenters. The molecular weight excluding hydrogens is 272 g/mol. The van der Waals surface area contributed by atoms with Gasteiger partial charge in [-0.1, -0.05) is 25.1 Å². The van der Waals surface area contributed by atoms with Gasteiger partial charge in [0.25, 0.3) is 5.91 Å². The number of carbonyl (C=O) groups excluding carboxylic acids is 2. The molecule has 1 aromatic rings. The Morgan fingerprint density at radius 2 is 2.05 bits per heavy atom. The Morgan fingerprint density at radius 3 is 2.76 bits per heavy atom. The molecule has 0 spiro atoms. The van der Waals surface area contributed by atoms with Crippen molar-refractivity contribution in [2.45, 2.75) is 13.3 Å². The Kier molecular flexibility index (Phi) is 7.60. The van der Waals surface area contributed by atoms with Crippen LogP contribution >= 0.6 is 0 Å². The van der Waals surface area contributed by atoms with Crippen LogP contribution in [0.1, 0.15) is 18.9 Å². The summed E-state index contributed by atoms with van der Waals surface area (Å²) in [6.07, 6.45) is 3.85. The zero-order chi connectivity index (χ0) is 15.5. The lowest BCUT2D eigenvalue weighted by Gasteiger charge is -2.07. The molecule has 0 aliphatic carbocycles. The van der Waals surface area contributed by atoms with E-state index in [0.29, 0.717) is 6.61 Å². The Labute approximate surface area is 124 Å². The highest BCUT2D eigenvalue weighted by atomic mass is 16.7. The summed E-state index contributed by atoms with van der Waals surface area (Å²) in [5.41, 5.74) is 2.95. The smallest absolute Gasteiger partial charge is 0.267 e. The maximum absolute atomic E-state index is 11.5. The van der Waals surface area contributed by atoms with Gasteiger partial charge in [0.2, 0.25) is 5.91 Å². The second-order valence-corrected chi connectivity index (χ2v) is 4.15. The molecule has 6 nitrogen and oxygen atoms in total. The summed E-state index contributed by atoms with van der Waals surface area (Å²) in [7, 11) is 1.49. The molecular formula is C15H20N2O4. The van der Waals surface area contributed by atoms with Crippen molar-refractivity contribution in [1.82, 2.24) is 10.8 Å². The fourth-order valence-corrected chi connectivity index (χ4v) is 1.41. The van der Waals surface area contributed by atoms with E-state index in [4.69, 9.17) is 9.57 Å². The van der Waals surface area contributed by atoms with Crippen molar-refractivity contribution in [2.75, 3.05) is 20.3 Å². The number of benzene rings is 1. The van der Waals surface area contributed by atoms with Crippen LogP contribution in [-0.2, 0) is 14.4 Å². The summed E-state index contributed by atoms with van der Waals surface area (Å²) in [5, 5.41) is 2.37. The SMILES string of the molecule is CCCOc1ccccc1/C=C/C(=O)NOCC(=O)NC. The van der Waals surface area contributed by atoms with E-state index in [-0.39, 0.29) is 12.5 Å². The van der Waals surface area contributed by atoms with Gasteiger partial charge in [-0.15, -0.1) is 0 Å². The van der Waals surface area contributed by atoms with E-state index in [2.05, 4.69) is 10.8 Å². The van der Waals surface area contributed by atoms with Gasteiger partial charge in [-0.3, -0.25) is 14.4 Å². The lowest BCUT2D eigenvalue weighted by Crippen LogP contribution is -2.30. The van der Waals surface area contributed by atoms with Gasteiger partial charge in [-0.05, 0) is 18.6 Å². The molecule has 0 heterocycles. The number of hydrogen-bond donors (Lipinski definition) is 2. The normalized spacial score (nSPS) is 10.4. The van der Waals surface area contributed by atoms with Crippen LogP contribution in [-0.4, -0.2) is 32.1 Å². The topological polar surface area (TPSA) is 76.7 Å². The lowest BCUT2D eigenvalue weighted by molar-refractivity contribution is -0.135. The second kappa shape index (κ2) is 9.55. The summed E-state index contributed by atoms with van der Waals surface area (Å²) in [6, 6.07) is 7.42. The third-order valence-corrected chi connectivity index (χ3v) is 2.45. The molecule has 1 aromatic carbocycles. The molecule has 114 valence electrons. The molecule has 0 saturated carbocycles. The van der Waals surface area contributed by atoms with E-state index >= 15 is 0 Å². The largest absolute Gasteiger partial charge is 0.493 e. The van der Waals surface area contributed by atoms with Crippen molar-refractivity contribution >= 4 is 17.9 Å². The highest BCUT2D eigenvalue weighted by Crippen LogP contribution is 2.19. The molecule has 0 atom stereocenters. The van der Waals surface area contributed by atoms with Crippen LogP contribution in [0.15, 0.2) is 30.3 Å². The monoisotopic (exact) mass is 292 g/mol. The van der Waals surface area contributed by atoms with Gasteiger partial charge in [0.05, 0.1) is 6.61 Å². The number of likely N-dealkylation sites (N-methyl/N-ethyl adjacent to an activating group) is 1. The van der Waals surface area contributed by atoms with Gasteiger partial charge >= 0.3 is 0 Å². The van der Waals surface area contributed by atoms with Gasteiger partial charge in [0.1, 0.15) is 5.75 Å². The number of nitrogens with one attached hydrogen (secondary N) is 2. The van der Waals surface area contributed by atoms with Crippen molar-refractivity contribution in [3.8, 4) is 5.75 Å². The first kappa shape index (κ1) is 16.7. The molecule has 2 amide bonds. The predicted octanol–water partition coefficient (Wildman–Crippen LogP) is 1.28. The third kappa shape index (κ3) is 6.58. The van der Waals surface area contributed by atoms with Crippen molar-refractivity contribution in [3.63, 3.8) is 0 Å². The van der Waals surface area contributed by atoms with Gasteiger partial charge in [-0.25, -0.2) is 5.48 Å². The number of ether oxygens (including phenoxy) is 1. The van der Waals surface area contributed by atoms with E-state index in [9.17, 15) is 9.59 Å². The first-order chi connectivity index (χ1) is 10.2. The number of carbonyl (C=O) groups is 2. The van der Waals surface area contributed by atoms with Crippen LogP contribution in [0.3, 0.4) is 0 Å². The molecule has 21 heavy (non-hydrogen) atoms. The maximum atomic E-state index is 11.5. The minimum Gasteiger partial charge on any atom is -0.493 e. The van der Waals surface area contributed by atoms with E-state index in [1.54, 1.807) is 6.08 Å². The second-order valence-electron chi connectivity index (χ2n) is 4.15. The molecule has 0 aliphatic heterocycles. The molecule has 0 fully saturated rings. The number of hydroxylamine groups is 1. The summed E-state index contributed by atoms with van der Waals surface area (Å²) in [4.78, 5) is 27.1. The van der Waals surface area contributed by atoms with Gasteiger partial charge in [-0.2, -0.15) is 0 Å². The Hall–Kier alpha value is -2.34. The van der Waals surface area contributed by atoms with E-state index in [1.807, 2.05) is 31.2 Å². The van der Waals surface area contributed by atoms with E-state index < -0.39 is 5.91 Å². The summed E-state index contributed by atoms with van der Waals surface area (Å²) in [5.74, 6) is -0.0588. The molecule has 0 bridgehead atoms. The van der Waals surface area contributed by atoms with E-state index in [0.717, 1.165) is 17.7 Å². The average molecular weight is 292 g/mol. The fourth-order valence-electron chi connectivity index (χ4n) is 1.41. The standard InChI is InChI=1S/C15H20N2O4/c1-3-10-20-13-7-5-4-6-12(13)8-9-14(18)17-21-11-15(19)16-2/h4-9H,3,10-11H2,1-2H3,(H,16,19)(H,17,18)/b9-8+. The van der Waals surface area contributed by atoms with Crippen molar-refractivity contribution in [1.29, 1.82) is 0 Å². The fraction of sp³-hybridized carbons (Fsp3) is 0.333. The summed E-state index contributed by atoms with van der Waals surface area (Å²) in [6.45, 7) is 2.41. The van der Waals surface area contributed by atoms with Crippen LogP contribution in [0.25, 0.3) is 6.08 Å². The van der Waals surface area contributed by atoms with Crippen molar-refractivity contribution in [3.05, 3.63) is 35.9 Å². The zero-order valence-corrected chi connectivity index (χ0v) is 12.2. The van der Waals surface area contributed by atoms with Crippen LogP contribution in [0.4, 0.5) is 0 Å². The Morgan fingerprint density at radius 1 is 1.29 bits per heavy atom. The minimum atomic E-state index is -0.454. The zero-order valence-electron chi connectivity index (χ0n) is 12.2. The van der Waals surface area contributed by atoms with Crippen LogP contribution in [0.5, 0.6) is 5.75 Å². The molecule has 0 aliphatic rings. The first-order valence-corrected chi connectivity index (χ1v) is 6.69. The number of hydrogen-bond acceptors (Lipinski definition) is 4. The average Bonchev–Trinajstić information content (AvgIpc) is 2.51. The van der Waals surface area contributed by atoms with Crippen LogP contribution < -0.4 is 15.5 Å². The quantitative estimate of drug-likeness (QED) is 0.559. The van der Waals surface area contributed by atoms with Crippen LogP contribution in [0.2, 0.25) is 0 Å². The number of amides is 2. The van der Waals surface area contributed by atoms with Crippen molar-refractivity contribution in [2.24, 2.45) is 0 Å². The summed E-state index contributed by atoms with van der Waals surface area (Å²) >= 11 is 0. The predicted molar refractivity (Wildman–Crippen MR) is 79.4 cm³/mol. The maximum Gasteiger partial charge on any atom is 0.267 e. The molecule has 2 N–H and O–H groups in total. The summed E-state index contributed by atoms with van der Waals surface area (Å²) < 4.78 is 5.58. The Balaban J connectivity index is 2.51. The van der Waals surface area contributed by atoms with Gasteiger partial charge < -0.3 is 10.1 Å². The lowest BCUT2D eigenvalue weighted by atomic mass is 10.2. The number of rotatable bonds is 8. The highest BCUT2D eigenvalue weighted by Gasteiger charge is 2.02. The molecule has 0 radical (unpaired) electrons. The first-order valence-electron chi connectivity index (χ1n) is 6.69. The third-order valence-electron chi connectivity index (χ3n) is 2.45. The number of para-hydroxylation sites is 1. The highest BCUT2D eigenvalue weighted by molar-refractivity contribution is 5.91.